The molecule has 2 aromatic carbocycles. The molecule has 3 rings (SSSR count). The van der Waals surface area contributed by atoms with E-state index in [1.807, 2.05) is 0 Å². The molecule has 1 N–H and O–H groups in total. The highest BCUT2D eigenvalue weighted by atomic mass is 35.5. The van der Waals surface area contributed by atoms with E-state index in [4.69, 9.17) is 21.4 Å². The van der Waals surface area contributed by atoms with Gasteiger partial charge in [-0.05, 0) is 36.4 Å². The summed E-state index contributed by atoms with van der Waals surface area (Å²) in [7, 11) is 1.54. The van der Waals surface area contributed by atoms with Crippen molar-refractivity contribution >= 4 is 45.6 Å². The number of thiazole rings is 1. The average molecular weight is 389 g/mol. The number of amides is 1. The molecule has 0 spiro atoms. The Morgan fingerprint density at radius 3 is 2.42 bits per heavy atom. The standard InChI is InChI=1S/C18H13ClN2O4S/c1-25-12-8-6-11(7-9-12)21(18-20-15(10-26-18)17(23)24)16(22)13-4-2-3-5-14(13)19/h2-10H,1H3,(H,23,24). The minimum absolute atomic E-state index is 0.129. The van der Waals surface area contributed by atoms with E-state index in [0.29, 0.717) is 16.5 Å². The first-order chi connectivity index (χ1) is 12.5. The number of carboxylic acids is 1. The van der Waals surface area contributed by atoms with Gasteiger partial charge in [-0.15, -0.1) is 11.3 Å². The normalized spacial score (nSPS) is 10.4. The molecule has 6 nitrogen and oxygen atoms in total. The number of aromatic carboxylic acids is 1. The summed E-state index contributed by atoms with van der Waals surface area (Å²) < 4.78 is 5.14. The van der Waals surface area contributed by atoms with Crippen LogP contribution in [0.4, 0.5) is 10.8 Å². The summed E-state index contributed by atoms with van der Waals surface area (Å²) in [4.78, 5) is 29.7. The van der Waals surface area contributed by atoms with Crippen LogP contribution in [0, 0.1) is 0 Å². The molecule has 1 amide bonds. The molecule has 0 aliphatic rings. The lowest BCUT2D eigenvalue weighted by atomic mass is 10.2. The molecule has 1 aromatic heterocycles. The monoisotopic (exact) mass is 388 g/mol. The SMILES string of the molecule is COc1ccc(N(C(=O)c2ccccc2Cl)c2nc(C(=O)O)cs2)cc1. The van der Waals surface area contributed by atoms with E-state index in [2.05, 4.69) is 4.98 Å². The molecule has 0 saturated heterocycles. The Kier molecular flexibility index (Phi) is 5.20. The molecule has 0 fully saturated rings. The molecule has 1 heterocycles. The Morgan fingerprint density at radius 2 is 1.85 bits per heavy atom. The van der Waals surface area contributed by atoms with Crippen molar-refractivity contribution < 1.29 is 19.4 Å². The second-order valence-electron chi connectivity index (χ2n) is 5.14. The van der Waals surface area contributed by atoms with Crippen LogP contribution in [0.25, 0.3) is 0 Å². The van der Waals surface area contributed by atoms with Gasteiger partial charge in [-0.3, -0.25) is 9.69 Å². The minimum Gasteiger partial charge on any atom is -0.497 e. The van der Waals surface area contributed by atoms with Crippen molar-refractivity contribution in [3.63, 3.8) is 0 Å². The molecule has 132 valence electrons. The van der Waals surface area contributed by atoms with Gasteiger partial charge in [0.25, 0.3) is 5.91 Å². The first-order valence-corrected chi connectivity index (χ1v) is 8.69. The number of benzene rings is 2. The van der Waals surface area contributed by atoms with Crippen molar-refractivity contribution in [3.05, 3.63) is 70.2 Å². The van der Waals surface area contributed by atoms with Gasteiger partial charge in [-0.1, -0.05) is 23.7 Å². The molecular formula is C18H13ClN2O4S. The van der Waals surface area contributed by atoms with Crippen LogP contribution < -0.4 is 9.64 Å². The van der Waals surface area contributed by atoms with Gasteiger partial charge in [-0.25, -0.2) is 9.78 Å². The molecule has 0 aliphatic carbocycles. The number of anilines is 2. The number of hydrogen-bond donors (Lipinski definition) is 1. The molecule has 0 saturated carbocycles. The van der Waals surface area contributed by atoms with Gasteiger partial charge in [-0.2, -0.15) is 0 Å². The average Bonchev–Trinajstić information content (AvgIpc) is 3.13. The fourth-order valence-corrected chi connectivity index (χ4v) is 3.30. The van der Waals surface area contributed by atoms with E-state index in [-0.39, 0.29) is 16.4 Å². The van der Waals surface area contributed by atoms with Crippen LogP contribution >= 0.6 is 22.9 Å². The zero-order valence-corrected chi connectivity index (χ0v) is 15.1. The number of hydrogen-bond acceptors (Lipinski definition) is 5. The second-order valence-corrected chi connectivity index (χ2v) is 6.38. The van der Waals surface area contributed by atoms with E-state index >= 15 is 0 Å². The Morgan fingerprint density at radius 1 is 1.15 bits per heavy atom. The van der Waals surface area contributed by atoms with Crippen molar-refractivity contribution in [3.8, 4) is 5.75 Å². The van der Waals surface area contributed by atoms with Gasteiger partial charge in [0.2, 0.25) is 0 Å². The van der Waals surface area contributed by atoms with E-state index in [1.165, 1.54) is 10.3 Å². The van der Waals surface area contributed by atoms with Gasteiger partial charge in [0.1, 0.15) is 5.75 Å². The zero-order valence-electron chi connectivity index (χ0n) is 13.5. The fourth-order valence-electron chi connectivity index (χ4n) is 2.27. The van der Waals surface area contributed by atoms with Crippen LogP contribution in [0.5, 0.6) is 5.75 Å². The molecular weight excluding hydrogens is 376 g/mol. The Hall–Kier alpha value is -2.90. The first-order valence-electron chi connectivity index (χ1n) is 7.43. The number of carbonyl (C=O) groups is 2. The lowest BCUT2D eigenvalue weighted by molar-refractivity contribution is 0.0691. The molecule has 3 aromatic rings. The zero-order chi connectivity index (χ0) is 18.7. The minimum atomic E-state index is -1.16. The molecule has 0 radical (unpaired) electrons. The third-order valence-electron chi connectivity index (χ3n) is 3.54. The topological polar surface area (TPSA) is 79.7 Å². The molecule has 8 heteroatoms. The maximum Gasteiger partial charge on any atom is 0.355 e. The maximum atomic E-state index is 13.1. The number of nitrogens with zero attached hydrogens (tertiary/aromatic N) is 2. The van der Waals surface area contributed by atoms with Crippen LogP contribution in [0.1, 0.15) is 20.8 Å². The predicted molar refractivity (Wildman–Crippen MR) is 100.0 cm³/mol. The van der Waals surface area contributed by atoms with Gasteiger partial charge < -0.3 is 9.84 Å². The van der Waals surface area contributed by atoms with Crippen molar-refractivity contribution in [2.75, 3.05) is 12.0 Å². The third kappa shape index (κ3) is 3.54. The summed E-state index contributed by atoms with van der Waals surface area (Å²) in [6.45, 7) is 0. The molecule has 26 heavy (non-hydrogen) atoms. The first kappa shape index (κ1) is 17.9. The summed E-state index contributed by atoms with van der Waals surface area (Å²) in [6, 6.07) is 13.4. The van der Waals surface area contributed by atoms with Crippen LogP contribution in [-0.4, -0.2) is 29.1 Å². The van der Waals surface area contributed by atoms with E-state index in [1.54, 1.807) is 55.6 Å². The Labute approximate surface area is 158 Å². The Bertz CT molecular complexity index is 956. The number of aromatic nitrogens is 1. The molecule has 0 unspecified atom stereocenters. The summed E-state index contributed by atoms with van der Waals surface area (Å²) in [5, 5.41) is 11.0. The maximum absolute atomic E-state index is 13.1. The highest BCUT2D eigenvalue weighted by molar-refractivity contribution is 7.14. The van der Waals surface area contributed by atoms with Crippen LogP contribution in [0.15, 0.2) is 53.9 Å². The van der Waals surface area contributed by atoms with Crippen LogP contribution in [0.2, 0.25) is 5.02 Å². The second kappa shape index (κ2) is 7.55. The van der Waals surface area contributed by atoms with E-state index in [0.717, 1.165) is 11.3 Å². The largest absolute Gasteiger partial charge is 0.497 e. The number of rotatable bonds is 5. The summed E-state index contributed by atoms with van der Waals surface area (Å²) >= 11 is 7.22. The van der Waals surface area contributed by atoms with Crippen LogP contribution in [-0.2, 0) is 0 Å². The predicted octanol–water partition coefficient (Wildman–Crippen LogP) is 4.48. The molecule has 0 atom stereocenters. The fraction of sp³-hybridized carbons (Fsp3) is 0.0556. The van der Waals surface area contributed by atoms with Crippen molar-refractivity contribution in [1.82, 2.24) is 4.98 Å². The smallest absolute Gasteiger partial charge is 0.355 e. The third-order valence-corrected chi connectivity index (χ3v) is 4.70. The number of methoxy groups -OCH3 is 1. The van der Waals surface area contributed by atoms with Crippen molar-refractivity contribution in [2.45, 2.75) is 0 Å². The number of carbonyl (C=O) groups excluding carboxylic acids is 1. The highest BCUT2D eigenvalue weighted by Gasteiger charge is 2.25. The van der Waals surface area contributed by atoms with E-state index < -0.39 is 11.9 Å². The highest BCUT2D eigenvalue weighted by Crippen LogP contribution is 2.32. The van der Waals surface area contributed by atoms with Gasteiger partial charge >= 0.3 is 5.97 Å². The number of halogens is 1. The number of ether oxygens (including phenoxy) is 1. The molecule has 0 bridgehead atoms. The lowest BCUT2D eigenvalue weighted by Gasteiger charge is -2.21. The number of carboxylic acid groups (broad SMARTS) is 1. The van der Waals surface area contributed by atoms with Gasteiger partial charge in [0.05, 0.1) is 23.4 Å². The Balaban J connectivity index is 2.09. The quantitative estimate of drug-likeness (QED) is 0.697. The van der Waals surface area contributed by atoms with Crippen molar-refractivity contribution in [2.24, 2.45) is 0 Å². The van der Waals surface area contributed by atoms with Gasteiger partial charge in [0, 0.05) is 5.38 Å². The summed E-state index contributed by atoms with van der Waals surface area (Å²) in [5.74, 6) is -0.941. The van der Waals surface area contributed by atoms with Gasteiger partial charge in [0.15, 0.2) is 10.8 Å². The van der Waals surface area contributed by atoms with Crippen LogP contribution in [0.3, 0.4) is 0 Å². The summed E-state index contributed by atoms with van der Waals surface area (Å²) in [5.41, 5.74) is 0.675. The van der Waals surface area contributed by atoms with E-state index in [9.17, 15) is 9.59 Å². The summed E-state index contributed by atoms with van der Waals surface area (Å²) in [6.07, 6.45) is 0. The van der Waals surface area contributed by atoms with Crippen molar-refractivity contribution in [1.29, 1.82) is 0 Å². The lowest BCUT2D eigenvalue weighted by Crippen LogP contribution is -2.26. The molecule has 0 aliphatic heterocycles.